The molecule has 26 heavy (non-hydrogen) atoms. The zero-order valence-corrected chi connectivity index (χ0v) is 17.9. The summed E-state index contributed by atoms with van der Waals surface area (Å²) in [4.78, 5) is 13.4. The standard InChI is InChI=1S/C21H29BrN4/c1-7-18(11-15(3)22)12-19(8-2)25(6)20-9-10-26(13-20)21-16(4)17(5)23-14-24-21/h12,14,20H,2-3,7,9-11,13H2,1,4-6H3. The van der Waals surface area contributed by atoms with Crippen LogP contribution in [0.5, 0.6) is 0 Å². The maximum absolute atomic E-state index is 4.51. The molecule has 4 nitrogen and oxygen atoms in total. The maximum atomic E-state index is 4.51. The van der Waals surface area contributed by atoms with E-state index in [9.17, 15) is 0 Å². The molecule has 1 aromatic rings. The quantitative estimate of drug-likeness (QED) is 0.466. The summed E-state index contributed by atoms with van der Waals surface area (Å²) in [5.74, 6) is 1.05. The highest BCUT2D eigenvalue weighted by molar-refractivity contribution is 9.11. The highest BCUT2D eigenvalue weighted by Crippen LogP contribution is 2.27. The van der Waals surface area contributed by atoms with Crippen LogP contribution in [0.25, 0.3) is 0 Å². The van der Waals surface area contributed by atoms with Crippen molar-refractivity contribution in [2.45, 2.75) is 46.1 Å². The van der Waals surface area contributed by atoms with Gasteiger partial charge in [-0.15, -0.1) is 5.73 Å². The normalized spacial score (nSPS) is 17.2. The van der Waals surface area contributed by atoms with Gasteiger partial charge in [0, 0.05) is 37.4 Å². The van der Waals surface area contributed by atoms with Gasteiger partial charge in [0.1, 0.15) is 12.1 Å². The number of hydrogen-bond donors (Lipinski definition) is 0. The lowest BCUT2D eigenvalue weighted by molar-refractivity contribution is 0.334. The third-order valence-electron chi connectivity index (χ3n) is 5.10. The van der Waals surface area contributed by atoms with Gasteiger partial charge < -0.3 is 9.80 Å². The first-order valence-electron chi connectivity index (χ1n) is 9.06. The molecule has 0 aromatic carbocycles. The molecule has 0 N–H and O–H groups in total. The Morgan fingerprint density at radius 2 is 2.19 bits per heavy atom. The van der Waals surface area contributed by atoms with Gasteiger partial charge in [0.15, 0.2) is 0 Å². The lowest BCUT2D eigenvalue weighted by Crippen LogP contribution is -2.34. The van der Waals surface area contributed by atoms with Crippen molar-refractivity contribution in [1.82, 2.24) is 14.9 Å². The van der Waals surface area contributed by atoms with Crippen LogP contribution >= 0.6 is 15.9 Å². The Morgan fingerprint density at radius 3 is 2.81 bits per heavy atom. The Kier molecular flexibility index (Phi) is 7.24. The zero-order chi connectivity index (χ0) is 19.3. The predicted molar refractivity (Wildman–Crippen MR) is 114 cm³/mol. The second kappa shape index (κ2) is 9.20. The molecule has 0 radical (unpaired) electrons. The molecular weight excluding hydrogens is 388 g/mol. The number of aromatic nitrogens is 2. The highest BCUT2D eigenvalue weighted by atomic mass is 79.9. The number of hydrogen-bond acceptors (Lipinski definition) is 4. The lowest BCUT2D eigenvalue weighted by atomic mass is 10.1. The molecular formula is C21H29BrN4. The number of anilines is 1. The summed E-state index contributed by atoms with van der Waals surface area (Å²) >= 11 is 3.46. The van der Waals surface area contributed by atoms with Crippen LogP contribution in [0, 0.1) is 13.8 Å². The molecule has 2 rings (SSSR count). The Labute approximate surface area is 166 Å². The van der Waals surface area contributed by atoms with Crippen LogP contribution in [0.4, 0.5) is 5.82 Å². The zero-order valence-electron chi connectivity index (χ0n) is 16.3. The van der Waals surface area contributed by atoms with E-state index in [-0.39, 0.29) is 0 Å². The molecule has 1 aromatic heterocycles. The molecule has 0 aliphatic carbocycles. The van der Waals surface area contributed by atoms with Gasteiger partial charge in [0.05, 0.1) is 5.70 Å². The molecule has 0 amide bonds. The van der Waals surface area contributed by atoms with Crippen LogP contribution in [-0.4, -0.2) is 41.0 Å². The van der Waals surface area contributed by atoms with Gasteiger partial charge in [-0.25, -0.2) is 9.97 Å². The summed E-state index contributed by atoms with van der Waals surface area (Å²) in [7, 11) is 2.13. The first kappa shape index (κ1) is 20.5. The molecule has 1 aliphatic rings. The first-order valence-corrected chi connectivity index (χ1v) is 9.85. The number of likely N-dealkylation sites (N-methyl/N-ethyl adjacent to an activating group) is 1. The van der Waals surface area contributed by atoms with Crippen molar-refractivity contribution in [3.8, 4) is 0 Å². The topological polar surface area (TPSA) is 32.3 Å². The van der Waals surface area contributed by atoms with Gasteiger partial charge in [0.2, 0.25) is 0 Å². The van der Waals surface area contributed by atoms with E-state index in [0.29, 0.717) is 6.04 Å². The summed E-state index contributed by atoms with van der Waals surface area (Å²) < 4.78 is 0.998. The van der Waals surface area contributed by atoms with Crippen LogP contribution in [0.3, 0.4) is 0 Å². The first-order chi connectivity index (χ1) is 12.4. The van der Waals surface area contributed by atoms with Crippen LogP contribution < -0.4 is 4.90 Å². The number of rotatable bonds is 7. The van der Waals surface area contributed by atoms with E-state index in [1.807, 2.05) is 6.92 Å². The third-order valence-corrected chi connectivity index (χ3v) is 5.38. The average Bonchev–Trinajstić information content (AvgIpc) is 3.09. The van der Waals surface area contributed by atoms with Gasteiger partial charge in [-0.3, -0.25) is 0 Å². The lowest BCUT2D eigenvalue weighted by Gasteiger charge is -2.28. The van der Waals surface area contributed by atoms with Gasteiger partial charge in [-0.2, -0.15) is 0 Å². The summed E-state index contributed by atoms with van der Waals surface area (Å²) in [5.41, 5.74) is 7.69. The molecule has 1 saturated heterocycles. The Balaban J connectivity index is 2.13. The molecule has 140 valence electrons. The molecule has 5 heteroatoms. The fraction of sp³-hybridized carbons (Fsp3) is 0.476. The Morgan fingerprint density at radius 1 is 1.46 bits per heavy atom. The van der Waals surface area contributed by atoms with Crippen molar-refractivity contribution in [2.24, 2.45) is 0 Å². The third kappa shape index (κ3) is 4.87. The number of allylic oxidation sites excluding steroid dienone is 3. The minimum Gasteiger partial charge on any atom is -0.363 e. The van der Waals surface area contributed by atoms with E-state index < -0.39 is 0 Å². The van der Waals surface area contributed by atoms with E-state index in [4.69, 9.17) is 0 Å². The number of aryl methyl sites for hydroxylation is 1. The van der Waals surface area contributed by atoms with Crippen LogP contribution in [-0.2, 0) is 0 Å². The predicted octanol–water partition coefficient (Wildman–Crippen LogP) is 4.91. The van der Waals surface area contributed by atoms with E-state index in [0.717, 1.165) is 54.0 Å². The maximum Gasteiger partial charge on any atom is 0.135 e. The summed E-state index contributed by atoms with van der Waals surface area (Å²) in [5, 5.41) is 0. The van der Waals surface area contributed by atoms with Crippen LogP contribution in [0.15, 0.2) is 47.0 Å². The minimum absolute atomic E-state index is 0.412. The van der Waals surface area contributed by atoms with Crippen molar-refractivity contribution in [2.75, 3.05) is 25.0 Å². The molecule has 1 fully saturated rings. The van der Waals surface area contributed by atoms with E-state index in [2.05, 4.69) is 81.6 Å². The van der Waals surface area contributed by atoms with Crippen molar-refractivity contribution < 1.29 is 0 Å². The van der Waals surface area contributed by atoms with E-state index >= 15 is 0 Å². The van der Waals surface area contributed by atoms with E-state index in [1.165, 1.54) is 11.1 Å². The van der Waals surface area contributed by atoms with Gasteiger partial charge >= 0.3 is 0 Å². The van der Waals surface area contributed by atoms with Gasteiger partial charge in [-0.1, -0.05) is 41.6 Å². The molecule has 0 bridgehead atoms. The van der Waals surface area contributed by atoms with Crippen LogP contribution in [0.2, 0.25) is 0 Å². The fourth-order valence-electron chi connectivity index (χ4n) is 3.29. The van der Waals surface area contributed by atoms with Crippen molar-refractivity contribution in [1.29, 1.82) is 0 Å². The largest absolute Gasteiger partial charge is 0.363 e. The molecule has 0 saturated carbocycles. The molecule has 1 aliphatic heterocycles. The average molecular weight is 417 g/mol. The fourth-order valence-corrected chi connectivity index (χ4v) is 3.65. The number of halogens is 1. The monoisotopic (exact) mass is 416 g/mol. The Hall–Kier alpha value is -1.84. The summed E-state index contributed by atoms with van der Waals surface area (Å²) in [6, 6.07) is 0.412. The smallest absolute Gasteiger partial charge is 0.135 e. The van der Waals surface area contributed by atoms with Crippen molar-refractivity contribution in [3.63, 3.8) is 0 Å². The minimum atomic E-state index is 0.412. The second-order valence-electron chi connectivity index (χ2n) is 6.82. The second-order valence-corrected chi connectivity index (χ2v) is 7.94. The SMILES string of the molecule is C=C=C(C=C(CC)CC(=C)Br)N(C)C1CCN(c2ncnc(C)c2C)C1. The highest BCUT2D eigenvalue weighted by Gasteiger charge is 2.28. The molecule has 1 unspecified atom stereocenters. The van der Waals surface area contributed by atoms with Crippen molar-refractivity contribution in [3.05, 3.63) is 58.3 Å². The van der Waals surface area contributed by atoms with Gasteiger partial charge in [0.25, 0.3) is 0 Å². The Bertz CT molecular complexity index is 746. The summed E-state index contributed by atoms with van der Waals surface area (Å²) in [6.07, 6.45) is 6.78. The molecule has 0 spiro atoms. The van der Waals surface area contributed by atoms with Crippen molar-refractivity contribution >= 4 is 21.7 Å². The van der Waals surface area contributed by atoms with Gasteiger partial charge in [-0.05, 0) is 43.7 Å². The molecule has 2 heterocycles. The van der Waals surface area contributed by atoms with Crippen LogP contribution in [0.1, 0.15) is 37.4 Å². The molecule has 1 atom stereocenters. The summed E-state index contributed by atoms with van der Waals surface area (Å²) in [6.45, 7) is 16.1. The van der Waals surface area contributed by atoms with E-state index in [1.54, 1.807) is 6.33 Å². The number of nitrogens with zero attached hydrogens (tertiary/aromatic N) is 4.